The van der Waals surface area contributed by atoms with Crippen LogP contribution in [0.2, 0.25) is 0 Å². The van der Waals surface area contributed by atoms with Crippen LogP contribution in [0.5, 0.6) is 5.75 Å². The van der Waals surface area contributed by atoms with E-state index < -0.39 is 10.0 Å². The van der Waals surface area contributed by atoms with E-state index in [2.05, 4.69) is 0 Å². The molecule has 2 rings (SSSR count). The highest BCUT2D eigenvalue weighted by molar-refractivity contribution is 7.88. The van der Waals surface area contributed by atoms with Gasteiger partial charge in [-0.3, -0.25) is 0 Å². The van der Waals surface area contributed by atoms with Gasteiger partial charge in [-0.05, 0) is 43.4 Å². The first-order valence-corrected chi connectivity index (χ1v) is 8.56. The number of sulfonamides is 1. The number of phenolic OH excluding ortho intramolecular Hbond substituents is 1. The summed E-state index contributed by atoms with van der Waals surface area (Å²) >= 11 is 0. The molecule has 1 aromatic rings. The fourth-order valence-corrected chi connectivity index (χ4v) is 3.91. The average Bonchev–Trinajstić information content (AvgIpc) is 2.37. The number of hydrogen-bond donors (Lipinski definition) is 1. The number of phenols is 1. The van der Waals surface area contributed by atoms with Crippen molar-refractivity contribution in [3.63, 3.8) is 0 Å². The third-order valence-electron chi connectivity index (χ3n) is 3.70. The minimum Gasteiger partial charge on any atom is -0.508 e. The molecule has 1 saturated heterocycles. The molecule has 0 aromatic heterocycles. The monoisotopic (exact) mass is 283 g/mol. The van der Waals surface area contributed by atoms with Crippen LogP contribution in [0.1, 0.15) is 31.2 Å². The van der Waals surface area contributed by atoms with Crippen LogP contribution in [0, 0.1) is 0 Å². The summed E-state index contributed by atoms with van der Waals surface area (Å²) in [6.07, 6.45) is 6.00. The fourth-order valence-electron chi connectivity index (χ4n) is 2.70. The average molecular weight is 283 g/mol. The van der Waals surface area contributed by atoms with Crippen molar-refractivity contribution in [1.29, 1.82) is 0 Å². The van der Waals surface area contributed by atoms with E-state index in [0.29, 0.717) is 6.54 Å². The second kappa shape index (κ2) is 5.92. The second-order valence-electron chi connectivity index (χ2n) is 5.23. The smallest absolute Gasteiger partial charge is 0.211 e. The van der Waals surface area contributed by atoms with E-state index in [4.69, 9.17) is 0 Å². The number of rotatable bonds is 4. The largest absolute Gasteiger partial charge is 0.508 e. The molecule has 1 fully saturated rings. The minimum absolute atomic E-state index is 0.123. The number of nitrogens with zero attached hydrogens (tertiary/aromatic N) is 1. The molecule has 0 amide bonds. The molecule has 0 bridgehead atoms. The Morgan fingerprint density at radius 2 is 1.95 bits per heavy atom. The second-order valence-corrected chi connectivity index (χ2v) is 7.16. The molecule has 0 saturated carbocycles. The van der Waals surface area contributed by atoms with Crippen LogP contribution in [0.15, 0.2) is 24.3 Å². The Bertz CT molecular complexity index is 510. The molecule has 5 heteroatoms. The normalized spacial score (nSPS) is 21.4. The van der Waals surface area contributed by atoms with Crippen LogP contribution in [-0.4, -0.2) is 36.7 Å². The molecule has 106 valence electrons. The number of hydrogen-bond acceptors (Lipinski definition) is 3. The molecule has 0 spiro atoms. The van der Waals surface area contributed by atoms with Crippen molar-refractivity contribution in [3.05, 3.63) is 29.8 Å². The third-order valence-corrected chi connectivity index (χ3v) is 5.03. The molecule has 0 radical (unpaired) electrons. The van der Waals surface area contributed by atoms with Gasteiger partial charge in [0.15, 0.2) is 0 Å². The van der Waals surface area contributed by atoms with Gasteiger partial charge in [-0.25, -0.2) is 8.42 Å². The fraction of sp³-hybridized carbons (Fsp3) is 0.571. The van der Waals surface area contributed by atoms with Crippen molar-refractivity contribution in [2.45, 2.75) is 38.1 Å². The van der Waals surface area contributed by atoms with Gasteiger partial charge in [0.2, 0.25) is 10.0 Å². The van der Waals surface area contributed by atoms with Gasteiger partial charge in [0.05, 0.1) is 6.26 Å². The quantitative estimate of drug-likeness (QED) is 0.921. The summed E-state index contributed by atoms with van der Waals surface area (Å²) in [5.74, 6) is 0.263. The van der Waals surface area contributed by atoms with Crippen molar-refractivity contribution in [2.24, 2.45) is 0 Å². The van der Waals surface area contributed by atoms with Gasteiger partial charge in [-0.1, -0.05) is 18.6 Å². The first-order valence-electron chi connectivity index (χ1n) is 6.71. The van der Waals surface area contributed by atoms with Crippen LogP contribution in [0.25, 0.3) is 0 Å². The lowest BCUT2D eigenvalue weighted by molar-refractivity contribution is 0.242. The first-order chi connectivity index (χ1) is 8.97. The summed E-state index contributed by atoms with van der Waals surface area (Å²) in [5.41, 5.74) is 1.14. The van der Waals surface area contributed by atoms with Crippen molar-refractivity contribution < 1.29 is 13.5 Å². The topological polar surface area (TPSA) is 57.6 Å². The highest BCUT2D eigenvalue weighted by Crippen LogP contribution is 2.24. The van der Waals surface area contributed by atoms with E-state index in [1.54, 1.807) is 16.4 Å². The molecular weight excluding hydrogens is 262 g/mol. The summed E-state index contributed by atoms with van der Waals surface area (Å²) in [4.78, 5) is 0. The standard InChI is InChI=1S/C14H21NO3S/c1-19(17,18)15-11-3-2-4-13(15)8-5-12-6-9-14(16)10-7-12/h6-7,9-10,13,16H,2-5,8,11H2,1H3/t13-/m0/s1. The van der Waals surface area contributed by atoms with Gasteiger partial charge >= 0.3 is 0 Å². The van der Waals surface area contributed by atoms with Gasteiger partial charge < -0.3 is 5.11 Å². The van der Waals surface area contributed by atoms with Crippen LogP contribution in [0.3, 0.4) is 0 Å². The zero-order valence-corrected chi connectivity index (χ0v) is 12.1. The van der Waals surface area contributed by atoms with E-state index in [1.165, 1.54) is 6.26 Å². The third kappa shape index (κ3) is 3.94. The summed E-state index contributed by atoms with van der Waals surface area (Å²) in [7, 11) is -3.09. The molecule has 1 aliphatic rings. The maximum atomic E-state index is 11.7. The predicted octanol–water partition coefficient (Wildman–Crippen LogP) is 2.14. The maximum Gasteiger partial charge on any atom is 0.211 e. The Kier molecular flexibility index (Phi) is 4.47. The van der Waals surface area contributed by atoms with Crippen LogP contribution in [0.4, 0.5) is 0 Å². The van der Waals surface area contributed by atoms with Gasteiger partial charge in [-0.2, -0.15) is 4.31 Å². The van der Waals surface area contributed by atoms with Crippen LogP contribution < -0.4 is 0 Å². The first kappa shape index (κ1) is 14.3. The number of aromatic hydroxyl groups is 1. The van der Waals surface area contributed by atoms with Crippen molar-refractivity contribution in [2.75, 3.05) is 12.8 Å². The lowest BCUT2D eigenvalue weighted by atomic mass is 9.98. The Hall–Kier alpha value is -1.07. The molecule has 1 heterocycles. The molecule has 1 aliphatic heterocycles. The predicted molar refractivity (Wildman–Crippen MR) is 75.6 cm³/mol. The Morgan fingerprint density at radius 1 is 1.26 bits per heavy atom. The zero-order chi connectivity index (χ0) is 13.9. The van der Waals surface area contributed by atoms with Crippen LogP contribution in [-0.2, 0) is 16.4 Å². The van der Waals surface area contributed by atoms with Gasteiger partial charge in [0, 0.05) is 12.6 Å². The SMILES string of the molecule is CS(=O)(=O)N1CCCC[C@H]1CCc1ccc(O)cc1. The Balaban J connectivity index is 1.98. The molecular formula is C14H21NO3S. The highest BCUT2D eigenvalue weighted by atomic mass is 32.2. The molecule has 1 N–H and O–H groups in total. The highest BCUT2D eigenvalue weighted by Gasteiger charge is 2.28. The molecule has 4 nitrogen and oxygen atoms in total. The lowest BCUT2D eigenvalue weighted by Crippen LogP contribution is -2.43. The van der Waals surface area contributed by atoms with Gasteiger partial charge in [-0.15, -0.1) is 0 Å². The molecule has 1 atom stereocenters. The lowest BCUT2D eigenvalue weighted by Gasteiger charge is -2.33. The summed E-state index contributed by atoms with van der Waals surface area (Å²) in [5, 5.41) is 9.23. The van der Waals surface area contributed by atoms with Gasteiger partial charge in [0.1, 0.15) is 5.75 Å². The van der Waals surface area contributed by atoms with Crippen molar-refractivity contribution in [1.82, 2.24) is 4.31 Å². The van der Waals surface area contributed by atoms with Crippen LogP contribution >= 0.6 is 0 Å². The molecule has 1 aromatic carbocycles. The molecule has 0 unspecified atom stereocenters. The minimum atomic E-state index is -3.09. The Labute approximate surface area is 115 Å². The zero-order valence-electron chi connectivity index (χ0n) is 11.2. The van der Waals surface area contributed by atoms with Crippen molar-refractivity contribution in [3.8, 4) is 5.75 Å². The van der Waals surface area contributed by atoms with Crippen molar-refractivity contribution >= 4 is 10.0 Å². The maximum absolute atomic E-state index is 11.7. The molecule has 0 aliphatic carbocycles. The van der Waals surface area contributed by atoms with E-state index in [9.17, 15) is 13.5 Å². The van der Waals surface area contributed by atoms with E-state index in [1.807, 2.05) is 12.1 Å². The van der Waals surface area contributed by atoms with E-state index >= 15 is 0 Å². The Morgan fingerprint density at radius 3 is 2.58 bits per heavy atom. The number of piperidine rings is 1. The summed E-state index contributed by atoms with van der Waals surface area (Å²) in [6.45, 7) is 0.652. The summed E-state index contributed by atoms with van der Waals surface area (Å²) in [6, 6.07) is 7.25. The summed E-state index contributed by atoms with van der Waals surface area (Å²) < 4.78 is 25.1. The molecule has 19 heavy (non-hydrogen) atoms. The number of benzene rings is 1. The number of aryl methyl sites for hydroxylation is 1. The van der Waals surface area contributed by atoms with E-state index in [-0.39, 0.29) is 11.8 Å². The van der Waals surface area contributed by atoms with E-state index in [0.717, 1.165) is 37.7 Å². The van der Waals surface area contributed by atoms with Gasteiger partial charge in [0.25, 0.3) is 0 Å².